The fourth-order valence-electron chi connectivity index (χ4n) is 4.26. The lowest BCUT2D eigenvalue weighted by Crippen LogP contribution is -2.53. The lowest BCUT2D eigenvalue weighted by atomic mass is 10.1. The van der Waals surface area contributed by atoms with Crippen molar-refractivity contribution in [2.45, 2.75) is 64.1 Å². The lowest BCUT2D eigenvalue weighted by Gasteiger charge is -2.33. The maximum absolute atomic E-state index is 14.0. The topological polar surface area (TPSA) is 86.8 Å². The Morgan fingerprint density at radius 3 is 2.08 bits per heavy atom. The zero-order valence-electron chi connectivity index (χ0n) is 22.8. The number of nitrogens with zero attached hydrogens (tertiary/aromatic N) is 2. The molecule has 1 N–H and O–H groups in total. The van der Waals surface area contributed by atoms with Crippen LogP contribution in [0.1, 0.15) is 45.2 Å². The van der Waals surface area contributed by atoms with E-state index >= 15 is 0 Å². The average molecular weight is 570 g/mol. The van der Waals surface area contributed by atoms with Gasteiger partial charge < -0.3 is 10.2 Å². The standard InChI is InChI=1S/C30H36ClN3O4S/c1-5-23-16-18-25(19-17-23)34(39(37,38)26-13-8-7-9-14-26)21-29(35)33(20-24-12-10-11-15-27(24)31)28(6-2)30(36)32-22(3)4/h7-19,22,28H,5-6,20-21H2,1-4H3,(H,32,36). The first-order valence-electron chi connectivity index (χ1n) is 13.1. The number of anilines is 1. The van der Waals surface area contributed by atoms with Gasteiger partial charge in [-0.2, -0.15) is 0 Å². The highest BCUT2D eigenvalue weighted by Crippen LogP contribution is 2.26. The molecule has 0 radical (unpaired) electrons. The summed E-state index contributed by atoms with van der Waals surface area (Å²) in [4.78, 5) is 28.7. The fourth-order valence-corrected chi connectivity index (χ4v) is 5.89. The van der Waals surface area contributed by atoms with Crippen LogP contribution in [0.3, 0.4) is 0 Å². The molecule has 1 atom stereocenters. The van der Waals surface area contributed by atoms with Crippen molar-refractivity contribution in [3.8, 4) is 0 Å². The second-order valence-electron chi connectivity index (χ2n) is 9.55. The molecular formula is C30H36ClN3O4S. The number of benzene rings is 3. The summed E-state index contributed by atoms with van der Waals surface area (Å²) in [6, 6.07) is 21.3. The van der Waals surface area contributed by atoms with Gasteiger partial charge >= 0.3 is 0 Å². The molecule has 1 unspecified atom stereocenters. The van der Waals surface area contributed by atoms with Crippen molar-refractivity contribution in [3.05, 3.63) is 95.0 Å². The van der Waals surface area contributed by atoms with E-state index in [1.165, 1.54) is 17.0 Å². The van der Waals surface area contributed by atoms with Crippen LogP contribution in [-0.2, 0) is 32.6 Å². The number of carbonyl (C=O) groups excluding carboxylic acids is 2. The van der Waals surface area contributed by atoms with E-state index in [0.29, 0.717) is 22.7 Å². The molecule has 2 amide bonds. The highest BCUT2D eigenvalue weighted by atomic mass is 35.5. The summed E-state index contributed by atoms with van der Waals surface area (Å²) in [5.41, 5.74) is 2.06. The van der Waals surface area contributed by atoms with Gasteiger partial charge in [0.15, 0.2) is 0 Å². The number of carbonyl (C=O) groups is 2. The summed E-state index contributed by atoms with van der Waals surface area (Å²) in [6.07, 6.45) is 1.13. The normalized spacial score (nSPS) is 12.2. The number of hydrogen-bond acceptors (Lipinski definition) is 4. The quantitative estimate of drug-likeness (QED) is 0.315. The number of amides is 2. The summed E-state index contributed by atoms with van der Waals surface area (Å²) >= 11 is 6.42. The number of aryl methyl sites for hydroxylation is 1. The van der Waals surface area contributed by atoms with Gasteiger partial charge in [0.1, 0.15) is 12.6 Å². The first-order valence-corrected chi connectivity index (χ1v) is 14.9. The van der Waals surface area contributed by atoms with Gasteiger partial charge in [0.05, 0.1) is 10.6 Å². The molecule has 0 spiro atoms. The number of halogens is 1. The molecule has 0 aliphatic rings. The minimum absolute atomic E-state index is 0.0521. The van der Waals surface area contributed by atoms with Crippen molar-refractivity contribution in [1.82, 2.24) is 10.2 Å². The van der Waals surface area contributed by atoms with Crippen molar-refractivity contribution in [3.63, 3.8) is 0 Å². The number of hydrogen-bond donors (Lipinski definition) is 1. The molecule has 39 heavy (non-hydrogen) atoms. The van der Waals surface area contributed by atoms with Gasteiger partial charge in [-0.25, -0.2) is 8.42 Å². The van der Waals surface area contributed by atoms with Crippen molar-refractivity contribution in [1.29, 1.82) is 0 Å². The molecule has 3 aromatic carbocycles. The smallest absolute Gasteiger partial charge is 0.264 e. The summed E-state index contributed by atoms with van der Waals surface area (Å²) in [6.45, 7) is 7.09. The molecule has 7 nitrogen and oxygen atoms in total. The molecule has 0 saturated carbocycles. The number of sulfonamides is 1. The Balaban J connectivity index is 2.06. The van der Waals surface area contributed by atoms with E-state index in [9.17, 15) is 18.0 Å². The summed E-state index contributed by atoms with van der Waals surface area (Å²) < 4.78 is 28.8. The van der Waals surface area contributed by atoms with E-state index in [1.807, 2.05) is 39.8 Å². The molecular weight excluding hydrogens is 534 g/mol. The Labute approximate surface area is 236 Å². The average Bonchev–Trinajstić information content (AvgIpc) is 2.92. The third-order valence-corrected chi connectivity index (χ3v) is 8.51. The minimum atomic E-state index is -4.10. The molecule has 0 saturated heterocycles. The fraction of sp³-hybridized carbons (Fsp3) is 0.333. The second kappa shape index (κ2) is 13.6. The van der Waals surface area contributed by atoms with E-state index in [4.69, 9.17) is 11.6 Å². The molecule has 208 valence electrons. The van der Waals surface area contributed by atoms with Crippen LogP contribution >= 0.6 is 11.6 Å². The number of rotatable bonds is 12. The van der Waals surface area contributed by atoms with Crippen molar-refractivity contribution >= 4 is 39.1 Å². The van der Waals surface area contributed by atoms with Gasteiger partial charge in [-0.1, -0.05) is 74.0 Å². The molecule has 3 aromatic rings. The van der Waals surface area contributed by atoms with Crippen LogP contribution in [0.2, 0.25) is 5.02 Å². The van der Waals surface area contributed by atoms with Gasteiger partial charge in [-0.3, -0.25) is 13.9 Å². The van der Waals surface area contributed by atoms with Crippen LogP contribution < -0.4 is 9.62 Å². The van der Waals surface area contributed by atoms with Crippen LogP contribution in [-0.4, -0.2) is 43.8 Å². The molecule has 0 aliphatic carbocycles. The summed E-state index contributed by atoms with van der Waals surface area (Å²) in [5.74, 6) is -0.822. The predicted molar refractivity (Wildman–Crippen MR) is 156 cm³/mol. The molecule has 3 rings (SSSR count). The van der Waals surface area contributed by atoms with Crippen LogP contribution in [0, 0.1) is 0 Å². The van der Waals surface area contributed by atoms with E-state index in [0.717, 1.165) is 16.3 Å². The SMILES string of the molecule is CCc1ccc(N(CC(=O)N(Cc2ccccc2Cl)C(CC)C(=O)NC(C)C)S(=O)(=O)c2ccccc2)cc1. The maximum atomic E-state index is 14.0. The zero-order valence-corrected chi connectivity index (χ0v) is 24.4. The first kappa shape index (κ1) is 30.2. The molecule has 0 fully saturated rings. The van der Waals surface area contributed by atoms with E-state index in [1.54, 1.807) is 54.6 Å². The Bertz CT molecular complexity index is 1360. The molecule has 9 heteroatoms. The van der Waals surface area contributed by atoms with Gasteiger partial charge in [0, 0.05) is 17.6 Å². The summed E-state index contributed by atoms with van der Waals surface area (Å²) in [7, 11) is -4.10. The minimum Gasteiger partial charge on any atom is -0.352 e. The predicted octanol–water partition coefficient (Wildman–Crippen LogP) is 5.43. The van der Waals surface area contributed by atoms with Crippen LogP contribution in [0.25, 0.3) is 0 Å². The molecule has 0 aromatic heterocycles. The van der Waals surface area contributed by atoms with E-state index in [-0.39, 0.29) is 23.4 Å². The van der Waals surface area contributed by atoms with Crippen LogP contribution in [0.4, 0.5) is 5.69 Å². The molecule has 0 aliphatic heterocycles. The van der Waals surface area contributed by atoms with E-state index < -0.39 is 28.5 Å². The zero-order chi connectivity index (χ0) is 28.6. The highest BCUT2D eigenvalue weighted by Gasteiger charge is 2.34. The second-order valence-corrected chi connectivity index (χ2v) is 11.8. The van der Waals surface area contributed by atoms with Crippen LogP contribution in [0.5, 0.6) is 0 Å². The van der Waals surface area contributed by atoms with Crippen molar-refractivity contribution in [2.75, 3.05) is 10.8 Å². The first-order chi connectivity index (χ1) is 18.6. The van der Waals surface area contributed by atoms with Gasteiger partial charge in [-0.15, -0.1) is 0 Å². The van der Waals surface area contributed by atoms with Crippen molar-refractivity contribution in [2.24, 2.45) is 0 Å². The summed E-state index contributed by atoms with van der Waals surface area (Å²) in [5, 5.41) is 3.34. The van der Waals surface area contributed by atoms with Crippen LogP contribution in [0.15, 0.2) is 83.8 Å². The maximum Gasteiger partial charge on any atom is 0.264 e. The Morgan fingerprint density at radius 1 is 0.897 bits per heavy atom. The Hall–Kier alpha value is -3.36. The third-order valence-electron chi connectivity index (χ3n) is 6.36. The van der Waals surface area contributed by atoms with Gasteiger partial charge in [0.25, 0.3) is 10.0 Å². The molecule has 0 heterocycles. The van der Waals surface area contributed by atoms with Crippen molar-refractivity contribution < 1.29 is 18.0 Å². The van der Waals surface area contributed by atoms with Gasteiger partial charge in [-0.05, 0) is 68.1 Å². The monoisotopic (exact) mass is 569 g/mol. The van der Waals surface area contributed by atoms with Gasteiger partial charge in [0.2, 0.25) is 11.8 Å². The van der Waals surface area contributed by atoms with E-state index in [2.05, 4.69) is 5.32 Å². The molecule has 0 bridgehead atoms. The Morgan fingerprint density at radius 2 is 1.51 bits per heavy atom. The number of nitrogens with one attached hydrogen (secondary N) is 1. The third kappa shape index (κ3) is 7.61. The highest BCUT2D eigenvalue weighted by molar-refractivity contribution is 7.92. The lowest BCUT2D eigenvalue weighted by molar-refractivity contribution is -0.140. The Kier molecular flexibility index (Phi) is 10.5. The largest absolute Gasteiger partial charge is 0.352 e.